The quantitative estimate of drug-likeness (QED) is 0.102. The van der Waals surface area contributed by atoms with E-state index in [1.54, 1.807) is 18.2 Å². The van der Waals surface area contributed by atoms with Crippen LogP contribution in [0.4, 0.5) is 0 Å². The van der Waals surface area contributed by atoms with E-state index in [-0.39, 0.29) is 24.7 Å². The van der Waals surface area contributed by atoms with Crippen LogP contribution in [0.2, 0.25) is 0 Å². The Kier molecular flexibility index (Phi) is 9.87. The van der Waals surface area contributed by atoms with Crippen LogP contribution in [-0.2, 0) is 22.6 Å². The van der Waals surface area contributed by atoms with Gasteiger partial charge in [-0.3, -0.25) is 4.79 Å². The van der Waals surface area contributed by atoms with Gasteiger partial charge < -0.3 is 25.1 Å². The minimum atomic E-state index is -0.587. The summed E-state index contributed by atoms with van der Waals surface area (Å²) >= 11 is 1.47. The summed E-state index contributed by atoms with van der Waals surface area (Å²) < 4.78 is 13.8. The Morgan fingerprint density at radius 3 is 2.33 bits per heavy atom. The predicted molar refractivity (Wildman–Crippen MR) is 174 cm³/mol. The minimum absolute atomic E-state index is 0.0132. The molecule has 3 unspecified atom stereocenters. The fourth-order valence-corrected chi connectivity index (χ4v) is 6.23. The van der Waals surface area contributed by atoms with E-state index in [1.807, 2.05) is 78.9 Å². The number of carbonyl (C=O) groups excluding carboxylic acids is 1. The van der Waals surface area contributed by atoms with Crippen LogP contribution in [0.3, 0.4) is 0 Å². The molecule has 228 valence electrons. The molecule has 7 nitrogen and oxygen atoms in total. The molecule has 1 aliphatic rings. The number of thioether (sulfide) groups is 1. The van der Waals surface area contributed by atoms with E-state index < -0.39 is 6.29 Å². The number of rotatable bonds is 10. The topological polar surface area (TPSA) is 94.7 Å². The lowest BCUT2D eigenvalue weighted by Crippen LogP contribution is -2.32. The van der Waals surface area contributed by atoms with E-state index in [9.17, 15) is 15.1 Å². The number of hydrogen-bond acceptors (Lipinski definition) is 6. The first-order valence-electron chi connectivity index (χ1n) is 14.9. The Morgan fingerprint density at radius 2 is 1.58 bits per heavy atom. The van der Waals surface area contributed by atoms with Gasteiger partial charge in [0.05, 0.1) is 18.8 Å². The van der Waals surface area contributed by atoms with Crippen LogP contribution in [0.25, 0.3) is 11.1 Å². The zero-order valence-corrected chi connectivity index (χ0v) is 25.4. The molecule has 4 aromatic carbocycles. The smallest absolute Gasteiger partial charge is 0.251 e. The van der Waals surface area contributed by atoms with Crippen LogP contribution < -0.4 is 10.0 Å². The summed E-state index contributed by atoms with van der Waals surface area (Å²) in [6, 6.07) is 38.7. The van der Waals surface area contributed by atoms with Gasteiger partial charge in [0.1, 0.15) is 0 Å². The van der Waals surface area contributed by atoms with Crippen molar-refractivity contribution in [3.63, 3.8) is 0 Å². The summed E-state index contributed by atoms with van der Waals surface area (Å²) in [7, 11) is 0. The molecular formula is C37H34N2O5S. The third kappa shape index (κ3) is 7.79. The van der Waals surface area contributed by atoms with Gasteiger partial charge in [-0.05, 0) is 52.1 Å². The number of amides is 1. The Bertz CT molecular complexity index is 1710. The Labute approximate surface area is 267 Å². The van der Waals surface area contributed by atoms with E-state index in [0.29, 0.717) is 29.3 Å². The first kappa shape index (κ1) is 30.6. The highest BCUT2D eigenvalue weighted by molar-refractivity contribution is 7.99. The van der Waals surface area contributed by atoms with Crippen LogP contribution >= 0.6 is 11.8 Å². The second-order valence-corrected chi connectivity index (χ2v) is 11.9. The van der Waals surface area contributed by atoms with Crippen molar-refractivity contribution in [1.82, 2.24) is 5.32 Å². The predicted octanol–water partition coefficient (Wildman–Crippen LogP) is 6.75. The number of pyridine rings is 1. The van der Waals surface area contributed by atoms with Gasteiger partial charge in [0.25, 0.3) is 10.9 Å². The minimum Gasteiger partial charge on any atom is -0.618 e. The Balaban J connectivity index is 1.16. The molecule has 45 heavy (non-hydrogen) atoms. The molecule has 1 saturated heterocycles. The number of aliphatic hydroxyl groups excluding tert-OH is 1. The van der Waals surface area contributed by atoms with Crippen molar-refractivity contribution in [2.45, 2.75) is 43.1 Å². The Hall–Kier alpha value is -4.47. The van der Waals surface area contributed by atoms with E-state index in [4.69, 9.17) is 9.47 Å². The number of benzene rings is 4. The molecular weight excluding hydrogens is 584 g/mol. The van der Waals surface area contributed by atoms with Crippen LogP contribution in [0.5, 0.6) is 0 Å². The van der Waals surface area contributed by atoms with E-state index >= 15 is 0 Å². The van der Waals surface area contributed by atoms with Gasteiger partial charge in [-0.1, -0.05) is 96.7 Å². The number of carbonyl (C=O) groups is 1. The lowest BCUT2D eigenvalue weighted by Gasteiger charge is -2.36. The van der Waals surface area contributed by atoms with Crippen LogP contribution in [0, 0.1) is 5.21 Å². The van der Waals surface area contributed by atoms with Crippen molar-refractivity contribution in [2.24, 2.45) is 0 Å². The summed E-state index contributed by atoms with van der Waals surface area (Å²) in [6.45, 7) is 0.416. The summed E-state index contributed by atoms with van der Waals surface area (Å²) in [5.74, 6) is 0.497. The van der Waals surface area contributed by atoms with Crippen molar-refractivity contribution < 1.29 is 24.1 Å². The van der Waals surface area contributed by atoms with Crippen molar-refractivity contribution in [3.8, 4) is 11.1 Å². The molecule has 1 aromatic heterocycles. The second-order valence-electron chi connectivity index (χ2n) is 10.9. The molecule has 0 radical (unpaired) electrons. The van der Waals surface area contributed by atoms with Gasteiger partial charge in [0.15, 0.2) is 12.5 Å². The zero-order valence-electron chi connectivity index (χ0n) is 24.6. The molecule has 0 aliphatic carbocycles. The first-order chi connectivity index (χ1) is 22.1. The van der Waals surface area contributed by atoms with Gasteiger partial charge in [0, 0.05) is 42.0 Å². The van der Waals surface area contributed by atoms with Gasteiger partial charge in [-0.15, -0.1) is 0 Å². The fraction of sp³-hybridized carbons (Fsp3) is 0.189. The van der Waals surface area contributed by atoms with Crippen LogP contribution in [-0.4, -0.2) is 22.9 Å². The zero-order chi connectivity index (χ0) is 31.0. The number of aromatic nitrogens is 1. The van der Waals surface area contributed by atoms with Gasteiger partial charge >= 0.3 is 0 Å². The van der Waals surface area contributed by atoms with E-state index in [1.165, 1.54) is 18.0 Å². The molecule has 0 bridgehead atoms. The molecule has 1 amide bonds. The SMILES string of the molecule is O=C(NCc1cccc(-c2ccc(C3OC(CSc4cccc[n+]4[O-])CC(c4ccc(CO)cc4)O3)cc2)c1)c1ccccc1. The van der Waals surface area contributed by atoms with Crippen molar-refractivity contribution >= 4 is 17.7 Å². The molecule has 6 rings (SSSR count). The van der Waals surface area contributed by atoms with Gasteiger partial charge in [0.2, 0.25) is 0 Å². The van der Waals surface area contributed by atoms with E-state index in [2.05, 4.69) is 29.6 Å². The number of nitrogens with zero attached hydrogens (tertiary/aromatic N) is 1. The molecule has 2 heterocycles. The molecule has 1 fully saturated rings. The average Bonchev–Trinajstić information content (AvgIpc) is 3.11. The molecule has 8 heteroatoms. The molecule has 5 aromatic rings. The third-order valence-corrected chi connectivity index (χ3v) is 8.90. The molecule has 0 spiro atoms. The lowest BCUT2D eigenvalue weighted by atomic mass is 9.99. The molecule has 2 N–H and O–H groups in total. The maximum atomic E-state index is 12.5. The first-order valence-corrected chi connectivity index (χ1v) is 15.9. The third-order valence-electron chi connectivity index (χ3n) is 7.75. The number of ether oxygens (including phenoxy) is 2. The lowest BCUT2D eigenvalue weighted by molar-refractivity contribution is -0.645. The summed E-state index contributed by atoms with van der Waals surface area (Å²) in [5, 5.41) is 25.3. The fourth-order valence-electron chi connectivity index (χ4n) is 5.29. The molecule has 1 aliphatic heterocycles. The van der Waals surface area contributed by atoms with E-state index in [0.717, 1.165) is 38.1 Å². The summed E-state index contributed by atoms with van der Waals surface area (Å²) in [6.07, 6.45) is 1.19. The summed E-state index contributed by atoms with van der Waals surface area (Å²) in [4.78, 5) is 12.5. The number of hydrogen-bond donors (Lipinski definition) is 2. The van der Waals surface area contributed by atoms with Gasteiger partial charge in [-0.25, -0.2) is 0 Å². The standard InChI is InChI=1S/C37H34N2O5S/c40-24-26-12-14-29(15-13-26)34-22-33(25-45-35-11-4-5-20-39(35)42)43-37(44-34)31-18-16-28(17-19-31)32-10-6-7-27(21-32)23-38-36(41)30-8-2-1-3-9-30/h1-21,33-34,37,40H,22-25H2,(H,38,41). The maximum absolute atomic E-state index is 12.5. The molecule has 3 atom stereocenters. The monoisotopic (exact) mass is 618 g/mol. The Morgan fingerprint density at radius 1 is 0.822 bits per heavy atom. The van der Waals surface area contributed by atoms with Crippen molar-refractivity contribution in [3.05, 3.63) is 161 Å². The highest BCUT2D eigenvalue weighted by atomic mass is 32.2. The highest BCUT2D eigenvalue weighted by Crippen LogP contribution is 2.39. The van der Waals surface area contributed by atoms with Gasteiger partial charge in [-0.2, -0.15) is 4.73 Å². The van der Waals surface area contributed by atoms with Crippen molar-refractivity contribution in [2.75, 3.05) is 5.75 Å². The summed E-state index contributed by atoms with van der Waals surface area (Å²) in [5.41, 5.74) is 6.49. The van der Waals surface area contributed by atoms with Crippen LogP contribution in [0.1, 0.15) is 51.4 Å². The second kappa shape index (κ2) is 14.5. The highest BCUT2D eigenvalue weighted by Gasteiger charge is 2.32. The average molecular weight is 619 g/mol. The number of nitrogens with one attached hydrogen (secondary N) is 1. The maximum Gasteiger partial charge on any atom is 0.251 e. The molecule has 0 saturated carbocycles. The normalized spacial score (nSPS) is 17.9. The van der Waals surface area contributed by atoms with Crippen molar-refractivity contribution in [1.29, 1.82) is 0 Å². The number of aliphatic hydroxyl groups is 1. The van der Waals surface area contributed by atoms with Crippen LogP contribution in [0.15, 0.2) is 133 Å². The largest absolute Gasteiger partial charge is 0.618 e.